The molecule has 4 aliphatic rings. The van der Waals surface area contributed by atoms with Crippen LogP contribution in [0.15, 0.2) is 11.6 Å². The summed E-state index contributed by atoms with van der Waals surface area (Å²) < 4.78 is 0. The van der Waals surface area contributed by atoms with Gasteiger partial charge in [0, 0.05) is 0 Å². The lowest BCUT2D eigenvalue weighted by Crippen LogP contribution is -2.51. The molecule has 148 valence electrons. The lowest BCUT2D eigenvalue weighted by atomic mass is 9.46. The van der Waals surface area contributed by atoms with Gasteiger partial charge in [0.15, 0.2) is 0 Å². The minimum Gasteiger partial charge on any atom is -0.390 e. The van der Waals surface area contributed by atoms with Gasteiger partial charge in [-0.15, -0.1) is 0 Å². The summed E-state index contributed by atoms with van der Waals surface area (Å²) in [6.07, 6.45) is 18.6. The number of hydrogen-bond donors (Lipinski definition) is 1. The molecule has 4 aliphatic carbocycles. The highest BCUT2D eigenvalue weighted by molar-refractivity contribution is 5.26. The fraction of sp³-hybridized carbons (Fsp3) is 0.920. The molecule has 26 heavy (non-hydrogen) atoms. The van der Waals surface area contributed by atoms with Crippen molar-refractivity contribution >= 4 is 0 Å². The van der Waals surface area contributed by atoms with Crippen LogP contribution in [0.3, 0.4) is 0 Å². The summed E-state index contributed by atoms with van der Waals surface area (Å²) in [4.78, 5) is 0. The molecule has 0 aromatic carbocycles. The normalized spacial score (nSPS) is 50.6. The van der Waals surface area contributed by atoms with Crippen LogP contribution in [0.2, 0.25) is 0 Å². The van der Waals surface area contributed by atoms with E-state index >= 15 is 0 Å². The molecule has 3 saturated carbocycles. The Morgan fingerprint density at radius 3 is 2.58 bits per heavy atom. The van der Waals surface area contributed by atoms with E-state index in [2.05, 4.69) is 33.8 Å². The van der Waals surface area contributed by atoms with Crippen LogP contribution in [0.5, 0.6) is 0 Å². The van der Waals surface area contributed by atoms with Crippen molar-refractivity contribution in [2.45, 2.75) is 110 Å². The molecule has 7 atom stereocenters. The van der Waals surface area contributed by atoms with Crippen LogP contribution in [0.1, 0.15) is 105 Å². The second kappa shape index (κ2) is 6.64. The molecule has 4 rings (SSSR count). The molecule has 0 saturated heterocycles. The Hall–Kier alpha value is -0.300. The average molecular weight is 359 g/mol. The van der Waals surface area contributed by atoms with Crippen LogP contribution in [0.25, 0.3) is 0 Å². The first-order valence-electron chi connectivity index (χ1n) is 11.7. The molecule has 0 amide bonds. The van der Waals surface area contributed by atoms with Crippen molar-refractivity contribution in [1.82, 2.24) is 0 Å². The third kappa shape index (κ3) is 2.92. The Bertz CT molecular complexity index is 561. The quantitative estimate of drug-likeness (QED) is 0.428. The average Bonchev–Trinajstić information content (AvgIpc) is 2.92. The Morgan fingerprint density at radius 2 is 1.81 bits per heavy atom. The number of unbranched alkanes of at least 4 members (excludes halogenated alkanes) is 2. The molecule has 1 heteroatoms. The second-order valence-electron chi connectivity index (χ2n) is 11.2. The maximum Gasteiger partial charge on any atom is 0.0657 e. The van der Waals surface area contributed by atoms with E-state index < -0.39 is 5.60 Å². The van der Waals surface area contributed by atoms with Gasteiger partial charge < -0.3 is 5.11 Å². The lowest BCUT2D eigenvalue weighted by Gasteiger charge is -2.59. The Morgan fingerprint density at radius 1 is 1.00 bits per heavy atom. The number of fused-ring (bicyclic) bond motifs is 5. The van der Waals surface area contributed by atoms with Gasteiger partial charge >= 0.3 is 0 Å². The van der Waals surface area contributed by atoms with E-state index in [1.165, 1.54) is 64.2 Å². The highest BCUT2D eigenvalue weighted by Crippen LogP contribution is 2.67. The third-order valence-electron chi connectivity index (χ3n) is 9.73. The van der Waals surface area contributed by atoms with Gasteiger partial charge in [-0.3, -0.25) is 0 Å². The molecule has 1 nitrogen and oxygen atoms in total. The van der Waals surface area contributed by atoms with Gasteiger partial charge in [0.2, 0.25) is 0 Å². The largest absolute Gasteiger partial charge is 0.390 e. The van der Waals surface area contributed by atoms with Crippen LogP contribution < -0.4 is 0 Å². The van der Waals surface area contributed by atoms with E-state index in [0.29, 0.717) is 10.8 Å². The van der Waals surface area contributed by atoms with Gasteiger partial charge in [0.05, 0.1) is 5.60 Å². The van der Waals surface area contributed by atoms with E-state index in [-0.39, 0.29) is 0 Å². The van der Waals surface area contributed by atoms with E-state index in [0.717, 1.165) is 36.5 Å². The summed E-state index contributed by atoms with van der Waals surface area (Å²) in [5, 5.41) is 10.6. The zero-order chi connectivity index (χ0) is 18.6. The summed E-state index contributed by atoms with van der Waals surface area (Å²) in [5.74, 6) is 3.75. The molecular formula is C25H42O. The predicted molar refractivity (Wildman–Crippen MR) is 110 cm³/mol. The summed E-state index contributed by atoms with van der Waals surface area (Å²) in [6.45, 7) is 9.61. The lowest BCUT2D eigenvalue weighted by molar-refractivity contribution is -0.0661. The standard InChI is InChI=1S/C25H42O/c1-5-6-7-8-18-10-12-21-20-11-9-19-17-23(2,26)15-16-25(19,4)22(20)13-14-24(18,21)3/h9,18,20-22,26H,5-8,10-17H2,1-4H3/t18?,20?,21?,22?,23-,24?,25?/m0/s1. The number of aliphatic hydroxyl groups is 1. The van der Waals surface area contributed by atoms with Crippen molar-refractivity contribution in [2.24, 2.45) is 34.5 Å². The zero-order valence-electron chi connectivity index (χ0n) is 17.8. The SMILES string of the molecule is CCCCCC1CCC2C3CC=C4C[C@@](C)(O)CCC4(C)C3CCC12C. The summed E-state index contributed by atoms with van der Waals surface area (Å²) in [7, 11) is 0. The molecule has 0 aromatic heterocycles. The highest BCUT2D eigenvalue weighted by atomic mass is 16.3. The minimum absolute atomic E-state index is 0.382. The molecule has 6 unspecified atom stereocenters. The molecule has 0 bridgehead atoms. The van der Waals surface area contributed by atoms with Crippen molar-refractivity contribution in [3.63, 3.8) is 0 Å². The van der Waals surface area contributed by atoms with E-state index in [4.69, 9.17) is 0 Å². The van der Waals surface area contributed by atoms with Gasteiger partial charge in [-0.25, -0.2) is 0 Å². The maximum atomic E-state index is 10.6. The van der Waals surface area contributed by atoms with Crippen LogP contribution in [0.4, 0.5) is 0 Å². The van der Waals surface area contributed by atoms with Gasteiger partial charge in [-0.2, -0.15) is 0 Å². The Labute approximate surface area is 162 Å². The van der Waals surface area contributed by atoms with Crippen LogP contribution in [-0.2, 0) is 0 Å². The fourth-order valence-corrected chi connectivity index (χ4v) is 8.03. The van der Waals surface area contributed by atoms with Crippen LogP contribution >= 0.6 is 0 Å². The smallest absolute Gasteiger partial charge is 0.0657 e. The Kier molecular flexibility index (Phi) is 4.86. The van der Waals surface area contributed by atoms with E-state index in [9.17, 15) is 5.11 Å². The summed E-state index contributed by atoms with van der Waals surface area (Å²) in [5.41, 5.74) is 2.15. The van der Waals surface area contributed by atoms with Crippen LogP contribution in [-0.4, -0.2) is 10.7 Å². The molecule has 1 N–H and O–H groups in total. The molecule has 0 heterocycles. The van der Waals surface area contributed by atoms with Crippen molar-refractivity contribution in [1.29, 1.82) is 0 Å². The van der Waals surface area contributed by atoms with E-state index in [1.54, 1.807) is 5.57 Å². The predicted octanol–water partition coefficient (Wildman–Crippen LogP) is 6.90. The zero-order valence-corrected chi connectivity index (χ0v) is 17.8. The Balaban J connectivity index is 1.54. The van der Waals surface area contributed by atoms with Gasteiger partial charge in [-0.1, -0.05) is 51.7 Å². The van der Waals surface area contributed by atoms with Crippen LogP contribution in [0, 0.1) is 34.5 Å². The van der Waals surface area contributed by atoms with Gasteiger partial charge in [0.25, 0.3) is 0 Å². The van der Waals surface area contributed by atoms with Crippen molar-refractivity contribution < 1.29 is 5.11 Å². The second-order valence-corrected chi connectivity index (χ2v) is 11.2. The first kappa shape index (κ1) is 19.0. The number of hydrogen-bond acceptors (Lipinski definition) is 1. The monoisotopic (exact) mass is 358 g/mol. The third-order valence-corrected chi connectivity index (χ3v) is 9.73. The molecular weight excluding hydrogens is 316 g/mol. The number of rotatable bonds is 4. The molecule has 0 radical (unpaired) electrons. The molecule has 0 aliphatic heterocycles. The van der Waals surface area contributed by atoms with Gasteiger partial charge in [0.1, 0.15) is 0 Å². The van der Waals surface area contributed by atoms with Crippen molar-refractivity contribution in [3.8, 4) is 0 Å². The first-order valence-corrected chi connectivity index (χ1v) is 11.7. The molecule has 3 fully saturated rings. The minimum atomic E-state index is -0.459. The first-order chi connectivity index (χ1) is 12.3. The van der Waals surface area contributed by atoms with E-state index in [1.807, 2.05) is 0 Å². The molecule has 0 spiro atoms. The fourth-order valence-electron chi connectivity index (χ4n) is 8.03. The molecule has 0 aromatic rings. The summed E-state index contributed by atoms with van der Waals surface area (Å²) >= 11 is 0. The maximum absolute atomic E-state index is 10.6. The summed E-state index contributed by atoms with van der Waals surface area (Å²) in [6, 6.07) is 0. The van der Waals surface area contributed by atoms with Gasteiger partial charge in [-0.05, 0) is 99.2 Å². The highest BCUT2D eigenvalue weighted by Gasteiger charge is 2.58. The van der Waals surface area contributed by atoms with Crippen molar-refractivity contribution in [3.05, 3.63) is 11.6 Å². The number of allylic oxidation sites excluding steroid dienone is 1. The van der Waals surface area contributed by atoms with Crippen molar-refractivity contribution in [2.75, 3.05) is 0 Å². The topological polar surface area (TPSA) is 20.2 Å².